The van der Waals surface area contributed by atoms with Crippen molar-refractivity contribution in [3.63, 3.8) is 0 Å². The Kier molecular flexibility index (Phi) is 6.15. The summed E-state index contributed by atoms with van der Waals surface area (Å²) in [4.78, 5) is 0. The zero-order chi connectivity index (χ0) is 15.2. The van der Waals surface area contributed by atoms with Crippen molar-refractivity contribution in [2.45, 2.75) is 38.3 Å². The van der Waals surface area contributed by atoms with E-state index in [0.29, 0.717) is 41.6 Å². The average Bonchev–Trinajstić information content (AvgIpc) is 2.53. The Labute approximate surface area is 131 Å². The van der Waals surface area contributed by atoms with E-state index >= 15 is 0 Å². The third-order valence-electron chi connectivity index (χ3n) is 4.25. The lowest BCUT2D eigenvalue weighted by Gasteiger charge is -2.28. The van der Waals surface area contributed by atoms with Gasteiger partial charge in [-0.3, -0.25) is 0 Å². The Morgan fingerprint density at radius 1 is 1.19 bits per heavy atom. The fourth-order valence-corrected chi connectivity index (χ4v) is 3.17. The molecule has 118 valence electrons. The Morgan fingerprint density at radius 3 is 2.48 bits per heavy atom. The van der Waals surface area contributed by atoms with Gasteiger partial charge in [-0.25, -0.2) is 0 Å². The molecule has 0 saturated heterocycles. The maximum absolute atomic E-state index is 9.17. The van der Waals surface area contributed by atoms with Gasteiger partial charge in [0.25, 0.3) is 0 Å². The molecule has 0 heterocycles. The number of aliphatic hydroxyl groups excluding tert-OH is 1. The lowest BCUT2D eigenvalue weighted by molar-refractivity contribution is 0.175. The standard InChI is InChI=1S/C16H24ClNO3/c1-20-14-8-5-12(15(17)16(14)21-2)9-18-13-6-3-11(10-19)4-7-13/h5,8,11,13,18-19H,3-4,6-7,9-10H2,1-2H3. The van der Waals surface area contributed by atoms with Crippen molar-refractivity contribution in [3.8, 4) is 11.5 Å². The number of hydrogen-bond acceptors (Lipinski definition) is 4. The van der Waals surface area contributed by atoms with Crippen molar-refractivity contribution in [1.29, 1.82) is 0 Å². The normalized spacial score (nSPS) is 22.1. The van der Waals surface area contributed by atoms with E-state index in [-0.39, 0.29) is 0 Å². The van der Waals surface area contributed by atoms with Gasteiger partial charge in [-0.05, 0) is 43.2 Å². The Balaban J connectivity index is 1.95. The van der Waals surface area contributed by atoms with Crippen LogP contribution in [0.3, 0.4) is 0 Å². The van der Waals surface area contributed by atoms with Crippen LogP contribution in [0.1, 0.15) is 31.2 Å². The molecule has 0 bridgehead atoms. The second kappa shape index (κ2) is 7.87. The molecule has 0 spiro atoms. The van der Waals surface area contributed by atoms with E-state index in [4.69, 9.17) is 26.2 Å². The molecule has 0 amide bonds. The van der Waals surface area contributed by atoms with E-state index in [2.05, 4.69) is 5.32 Å². The van der Waals surface area contributed by atoms with E-state index in [1.807, 2.05) is 12.1 Å². The highest BCUT2D eigenvalue weighted by Crippen LogP contribution is 2.37. The summed E-state index contributed by atoms with van der Waals surface area (Å²) in [6.07, 6.45) is 4.40. The molecule has 1 aliphatic rings. The molecule has 5 heteroatoms. The number of rotatable bonds is 6. The molecule has 2 N–H and O–H groups in total. The summed E-state index contributed by atoms with van der Waals surface area (Å²) in [7, 11) is 3.20. The van der Waals surface area contributed by atoms with Crippen LogP contribution in [0.2, 0.25) is 5.02 Å². The van der Waals surface area contributed by atoms with Crippen LogP contribution in [0, 0.1) is 5.92 Å². The van der Waals surface area contributed by atoms with Gasteiger partial charge in [0.2, 0.25) is 0 Å². The van der Waals surface area contributed by atoms with Crippen LogP contribution in [-0.2, 0) is 6.54 Å². The maximum atomic E-state index is 9.17. The maximum Gasteiger partial charge on any atom is 0.179 e. The number of nitrogens with one attached hydrogen (secondary N) is 1. The molecule has 1 aromatic rings. The third kappa shape index (κ3) is 4.02. The van der Waals surface area contributed by atoms with Crippen molar-refractivity contribution >= 4 is 11.6 Å². The predicted octanol–water partition coefficient (Wildman–Crippen LogP) is 3.00. The molecule has 0 atom stereocenters. The SMILES string of the molecule is COc1ccc(CNC2CCC(CO)CC2)c(Cl)c1OC. The Bertz CT molecular complexity index is 459. The summed E-state index contributed by atoms with van der Waals surface area (Å²) in [5.74, 6) is 1.71. The molecule has 1 aliphatic carbocycles. The van der Waals surface area contributed by atoms with Gasteiger partial charge in [0, 0.05) is 19.2 Å². The molecule has 1 fully saturated rings. The first-order valence-corrected chi connectivity index (χ1v) is 7.81. The van der Waals surface area contributed by atoms with Crippen molar-refractivity contribution in [1.82, 2.24) is 5.32 Å². The highest BCUT2D eigenvalue weighted by Gasteiger charge is 2.21. The zero-order valence-corrected chi connectivity index (χ0v) is 13.4. The lowest BCUT2D eigenvalue weighted by Crippen LogP contribution is -2.33. The first-order valence-electron chi connectivity index (χ1n) is 7.43. The summed E-state index contributed by atoms with van der Waals surface area (Å²) in [5.41, 5.74) is 1.01. The number of aliphatic hydroxyl groups is 1. The van der Waals surface area contributed by atoms with Crippen LogP contribution in [-0.4, -0.2) is 32.0 Å². The minimum Gasteiger partial charge on any atom is -0.493 e. The summed E-state index contributed by atoms with van der Waals surface area (Å²) in [6, 6.07) is 4.34. The number of methoxy groups -OCH3 is 2. The molecule has 4 nitrogen and oxygen atoms in total. The molecule has 21 heavy (non-hydrogen) atoms. The van der Waals surface area contributed by atoms with E-state index < -0.39 is 0 Å². The van der Waals surface area contributed by atoms with E-state index in [1.165, 1.54) is 0 Å². The molecule has 0 aromatic heterocycles. The minimum atomic E-state index is 0.314. The highest BCUT2D eigenvalue weighted by molar-refractivity contribution is 6.33. The fourth-order valence-electron chi connectivity index (χ4n) is 2.87. The van der Waals surface area contributed by atoms with Crippen LogP contribution in [0.15, 0.2) is 12.1 Å². The largest absolute Gasteiger partial charge is 0.493 e. The van der Waals surface area contributed by atoms with E-state index in [0.717, 1.165) is 31.2 Å². The van der Waals surface area contributed by atoms with E-state index in [9.17, 15) is 0 Å². The van der Waals surface area contributed by atoms with Crippen molar-refractivity contribution in [3.05, 3.63) is 22.7 Å². The molecule has 1 aromatic carbocycles. The first kappa shape index (κ1) is 16.4. The second-order valence-electron chi connectivity index (χ2n) is 5.56. The summed E-state index contributed by atoms with van der Waals surface area (Å²) in [6.45, 7) is 1.03. The molecule has 0 unspecified atom stereocenters. The minimum absolute atomic E-state index is 0.314. The van der Waals surface area contributed by atoms with Gasteiger partial charge in [-0.1, -0.05) is 17.7 Å². The monoisotopic (exact) mass is 313 g/mol. The van der Waals surface area contributed by atoms with Crippen molar-refractivity contribution < 1.29 is 14.6 Å². The zero-order valence-electron chi connectivity index (χ0n) is 12.7. The van der Waals surface area contributed by atoms with Crippen LogP contribution in [0.25, 0.3) is 0 Å². The van der Waals surface area contributed by atoms with Gasteiger partial charge >= 0.3 is 0 Å². The second-order valence-corrected chi connectivity index (χ2v) is 5.93. The third-order valence-corrected chi connectivity index (χ3v) is 4.67. The molecular formula is C16H24ClNO3. The topological polar surface area (TPSA) is 50.7 Å². The summed E-state index contributed by atoms with van der Waals surface area (Å²) >= 11 is 6.38. The number of ether oxygens (including phenoxy) is 2. The van der Waals surface area contributed by atoms with Crippen LogP contribution < -0.4 is 14.8 Å². The fraction of sp³-hybridized carbons (Fsp3) is 0.625. The molecule has 0 radical (unpaired) electrons. The first-order chi connectivity index (χ1) is 10.2. The molecular weight excluding hydrogens is 290 g/mol. The molecule has 2 rings (SSSR count). The number of benzene rings is 1. The molecule has 1 saturated carbocycles. The summed E-state index contributed by atoms with van der Waals surface area (Å²) < 4.78 is 10.6. The van der Waals surface area contributed by atoms with Gasteiger partial charge in [0.05, 0.1) is 19.2 Å². The lowest BCUT2D eigenvalue weighted by atomic mass is 9.86. The summed E-state index contributed by atoms with van der Waals surface area (Å²) in [5, 5.41) is 13.3. The highest BCUT2D eigenvalue weighted by atomic mass is 35.5. The number of halogens is 1. The quantitative estimate of drug-likeness (QED) is 0.847. The van der Waals surface area contributed by atoms with E-state index in [1.54, 1.807) is 14.2 Å². The van der Waals surface area contributed by atoms with Crippen LogP contribution in [0.4, 0.5) is 0 Å². The molecule has 0 aliphatic heterocycles. The van der Waals surface area contributed by atoms with Gasteiger partial charge in [-0.2, -0.15) is 0 Å². The predicted molar refractivity (Wildman–Crippen MR) is 84.2 cm³/mol. The van der Waals surface area contributed by atoms with Gasteiger partial charge in [0.1, 0.15) is 0 Å². The van der Waals surface area contributed by atoms with Crippen LogP contribution in [0.5, 0.6) is 11.5 Å². The Morgan fingerprint density at radius 2 is 1.90 bits per heavy atom. The smallest absolute Gasteiger partial charge is 0.179 e. The van der Waals surface area contributed by atoms with Crippen molar-refractivity contribution in [2.24, 2.45) is 5.92 Å². The van der Waals surface area contributed by atoms with Gasteiger partial charge < -0.3 is 19.9 Å². The Hall–Kier alpha value is -0.970. The van der Waals surface area contributed by atoms with Gasteiger partial charge in [0.15, 0.2) is 11.5 Å². The van der Waals surface area contributed by atoms with Crippen molar-refractivity contribution in [2.75, 3.05) is 20.8 Å². The van der Waals surface area contributed by atoms with Crippen LogP contribution >= 0.6 is 11.6 Å². The van der Waals surface area contributed by atoms with Gasteiger partial charge in [-0.15, -0.1) is 0 Å². The number of hydrogen-bond donors (Lipinski definition) is 2. The average molecular weight is 314 g/mol.